The van der Waals surface area contributed by atoms with Gasteiger partial charge in [-0.05, 0) is 6.92 Å². The molecule has 9 heavy (non-hydrogen) atoms. The predicted molar refractivity (Wildman–Crippen MR) is 21.5 cm³/mol. The number of carboxylic acid groups (broad SMARTS) is 1. The first-order chi connectivity index (χ1) is 2.64. The summed E-state index contributed by atoms with van der Waals surface area (Å²) in [5, 5.41) is 15.8. The number of aliphatic hydroxyl groups is 1. The molecule has 0 aromatic carbocycles. The predicted octanol–water partition coefficient (Wildman–Crippen LogP) is -6.32. The fraction of sp³-hybridized carbons (Fsp3) is 0.667. The first kappa shape index (κ1) is 22.5. The zero-order valence-electron chi connectivity index (χ0n) is 7.88. The van der Waals surface area contributed by atoms with Gasteiger partial charge >= 0.3 is 65.1 Å². The number of hydrogen-bond acceptors (Lipinski definition) is 2. The van der Waals surface area contributed by atoms with E-state index in [2.05, 4.69) is 0 Å². The molecule has 0 aromatic heterocycles. The fourth-order valence-corrected chi connectivity index (χ4v) is 0. The van der Waals surface area contributed by atoms with E-state index in [0.29, 0.717) is 0 Å². The van der Waals surface area contributed by atoms with Crippen LogP contribution in [-0.4, -0.2) is 22.3 Å². The van der Waals surface area contributed by atoms with E-state index in [4.69, 9.17) is 10.2 Å². The molecule has 6 heteroatoms. The first-order valence-corrected chi connectivity index (χ1v) is 1.55. The van der Waals surface area contributed by atoms with Gasteiger partial charge in [-0.2, -0.15) is 0 Å². The molecule has 44 valence electrons. The standard InChI is InChI=1S/C3H6O3.2Na.Ti.2H/c1-2(4)3(5)6;;;;;/h2,4H,1H3,(H,5,6);;;;;/q;2*+1;;2*-1. The average molecular weight is 186 g/mol. The maximum absolute atomic E-state index is 9.45. The summed E-state index contributed by atoms with van der Waals surface area (Å²) in [6.45, 7) is 1.20. The Morgan fingerprint density at radius 3 is 1.67 bits per heavy atom. The van der Waals surface area contributed by atoms with E-state index in [1.54, 1.807) is 0 Å². The molecule has 0 saturated heterocycles. The Labute approximate surface area is 116 Å². The van der Waals surface area contributed by atoms with Crippen molar-refractivity contribution in [1.29, 1.82) is 0 Å². The van der Waals surface area contributed by atoms with Gasteiger partial charge in [-0.15, -0.1) is 0 Å². The van der Waals surface area contributed by atoms with Crippen LogP contribution in [0.15, 0.2) is 0 Å². The van der Waals surface area contributed by atoms with Crippen LogP contribution in [-0.2, 0) is 26.5 Å². The quantitative estimate of drug-likeness (QED) is 0.400. The van der Waals surface area contributed by atoms with Crippen LogP contribution in [0.5, 0.6) is 0 Å². The van der Waals surface area contributed by atoms with Gasteiger partial charge in [0, 0.05) is 21.7 Å². The smallest absolute Gasteiger partial charge is 1.00 e. The molecule has 0 amide bonds. The monoisotopic (exact) mass is 186 g/mol. The van der Waals surface area contributed by atoms with Crippen molar-refractivity contribution < 1.29 is 98.7 Å². The molecule has 0 aliphatic heterocycles. The Morgan fingerprint density at radius 2 is 1.67 bits per heavy atom. The largest absolute Gasteiger partial charge is 1.00 e. The Hall–Kier alpha value is 2.14. The molecule has 0 saturated carbocycles. The van der Waals surface area contributed by atoms with Crippen LogP contribution < -0.4 is 59.1 Å². The molecule has 0 aliphatic rings. The molecule has 0 rings (SSSR count). The Morgan fingerprint density at radius 1 is 1.56 bits per heavy atom. The van der Waals surface area contributed by atoms with E-state index in [9.17, 15) is 4.79 Å². The van der Waals surface area contributed by atoms with Gasteiger partial charge in [0.05, 0.1) is 0 Å². The summed E-state index contributed by atoms with van der Waals surface area (Å²) in [5.41, 5.74) is 0. The van der Waals surface area contributed by atoms with Crippen molar-refractivity contribution in [2.75, 3.05) is 0 Å². The molecule has 0 aromatic rings. The minimum Gasteiger partial charge on any atom is -1.00 e. The van der Waals surface area contributed by atoms with Crippen molar-refractivity contribution in [1.82, 2.24) is 0 Å². The normalized spacial score (nSPS) is 9.11. The third-order valence-electron chi connectivity index (χ3n) is 0.357. The Balaban J connectivity index is -0.0000000125. The summed E-state index contributed by atoms with van der Waals surface area (Å²) in [7, 11) is 0. The third kappa shape index (κ3) is 17.8. The number of aliphatic hydroxyl groups excluding tert-OH is 1. The Bertz CT molecular complexity index is 75.6. The molecule has 3 nitrogen and oxygen atoms in total. The number of hydrogen-bond donors (Lipinski definition) is 2. The van der Waals surface area contributed by atoms with Gasteiger partial charge in [0.15, 0.2) is 0 Å². The van der Waals surface area contributed by atoms with Crippen LogP contribution in [0.2, 0.25) is 0 Å². The molecule has 0 fully saturated rings. The third-order valence-corrected chi connectivity index (χ3v) is 0.357. The Kier molecular flexibility index (Phi) is 31.9. The second kappa shape index (κ2) is 12.8. The maximum atomic E-state index is 9.45. The molecule has 1 unspecified atom stereocenters. The van der Waals surface area contributed by atoms with E-state index in [1.807, 2.05) is 0 Å². The van der Waals surface area contributed by atoms with Crippen LogP contribution >= 0.6 is 0 Å². The average Bonchev–Trinajstić information content (AvgIpc) is 1.36. The number of aliphatic carboxylic acids is 1. The second-order valence-electron chi connectivity index (χ2n) is 1.01. The summed E-state index contributed by atoms with van der Waals surface area (Å²) in [5.74, 6) is -1.19. The molecule has 0 spiro atoms. The molecule has 0 bridgehead atoms. The summed E-state index contributed by atoms with van der Waals surface area (Å²) in [4.78, 5) is 9.45. The van der Waals surface area contributed by atoms with Gasteiger partial charge in [0.2, 0.25) is 0 Å². The van der Waals surface area contributed by atoms with Crippen LogP contribution in [0.1, 0.15) is 9.78 Å². The molecule has 2 N–H and O–H groups in total. The van der Waals surface area contributed by atoms with Gasteiger partial charge < -0.3 is 13.1 Å². The second-order valence-corrected chi connectivity index (χ2v) is 1.01. The van der Waals surface area contributed by atoms with E-state index in [1.165, 1.54) is 6.92 Å². The summed E-state index contributed by atoms with van der Waals surface area (Å²) in [6.07, 6.45) is -1.23. The summed E-state index contributed by atoms with van der Waals surface area (Å²) in [6, 6.07) is 0. The minimum absolute atomic E-state index is 0. The van der Waals surface area contributed by atoms with Crippen molar-refractivity contribution in [3.8, 4) is 0 Å². The van der Waals surface area contributed by atoms with Crippen LogP contribution in [0.25, 0.3) is 0 Å². The topological polar surface area (TPSA) is 57.5 Å². The summed E-state index contributed by atoms with van der Waals surface area (Å²) < 4.78 is 0. The van der Waals surface area contributed by atoms with Gasteiger partial charge in [-0.25, -0.2) is 4.79 Å². The SMILES string of the molecule is CC(O)C(=O)O.[H-].[H-].[Na+].[Na+].[Ti]. The van der Waals surface area contributed by atoms with Crippen LogP contribution in [0.3, 0.4) is 0 Å². The van der Waals surface area contributed by atoms with Crippen molar-refractivity contribution in [2.45, 2.75) is 13.0 Å². The van der Waals surface area contributed by atoms with E-state index in [0.717, 1.165) is 0 Å². The number of carboxylic acids is 1. The van der Waals surface area contributed by atoms with Gasteiger partial charge in [-0.1, -0.05) is 0 Å². The van der Waals surface area contributed by atoms with E-state index >= 15 is 0 Å². The van der Waals surface area contributed by atoms with Gasteiger partial charge in [-0.3, -0.25) is 0 Å². The molecule has 0 heterocycles. The van der Waals surface area contributed by atoms with E-state index < -0.39 is 12.1 Å². The van der Waals surface area contributed by atoms with Crippen molar-refractivity contribution in [2.24, 2.45) is 0 Å². The van der Waals surface area contributed by atoms with Crippen molar-refractivity contribution in [3.05, 3.63) is 0 Å². The molecule has 0 aliphatic carbocycles. The maximum Gasteiger partial charge on any atom is 1.00 e. The number of rotatable bonds is 1. The first-order valence-electron chi connectivity index (χ1n) is 1.55. The fourth-order valence-electron chi connectivity index (χ4n) is 0. The van der Waals surface area contributed by atoms with Gasteiger partial charge in [0.1, 0.15) is 6.10 Å². The van der Waals surface area contributed by atoms with E-state index in [-0.39, 0.29) is 83.7 Å². The zero-order valence-corrected chi connectivity index (χ0v) is 11.4. The van der Waals surface area contributed by atoms with Crippen LogP contribution in [0, 0.1) is 0 Å². The number of carbonyl (C=O) groups is 1. The zero-order chi connectivity index (χ0) is 5.15. The van der Waals surface area contributed by atoms with Gasteiger partial charge in [0.25, 0.3) is 0 Å². The van der Waals surface area contributed by atoms with Crippen molar-refractivity contribution in [3.63, 3.8) is 0 Å². The van der Waals surface area contributed by atoms with Crippen molar-refractivity contribution >= 4 is 5.97 Å². The molecule has 1 atom stereocenters. The molecular weight excluding hydrogens is 178 g/mol. The molecule has 0 radical (unpaired) electrons. The molecular formula is C3H8Na2O3Ti. The van der Waals surface area contributed by atoms with Crippen LogP contribution in [0.4, 0.5) is 0 Å². The summed E-state index contributed by atoms with van der Waals surface area (Å²) >= 11 is 0. The minimum atomic E-state index is -1.23.